The molecule has 176 valence electrons. The average Bonchev–Trinajstić information content (AvgIpc) is 3.25. The summed E-state index contributed by atoms with van der Waals surface area (Å²) in [6.07, 6.45) is 4.64. The lowest BCUT2D eigenvalue weighted by Gasteiger charge is -2.48. The first kappa shape index (κ1) is 23.4. The summed E-state index contributed by atoms with van der Waals surface area (Å²) in [5, 5.41) is 3.08. The van der Waals surface area contributed by atoms with Gasteiger partial charge in [0.2, 0.25) is 0 Å². The summed E-state index contributed by atoms with van der Waals surface area (Å²) < 4.78 is 57.1. The van der Waals surface area contributed by atoms with E-state index in [9.17, 15) is 12.8 Å². The first-order valence-electron chi connectivity index (χ1n) is 10.9. The van der Waals surface area contributed by atoms with E-state index in [0.717, 1.165) is 36.7 Å². The molecule has 2 heterocycles. The third-order valence-corrected chi connectivity index (χ3v) is 7.76. The molecule has 0 aliphatic carbocycles. The molecule has 2 aromatic carbocycles. The highest BCUT2D eigenvalue weighted by molar-refractivity contribution is 7.89. The van der Waals surface area contributed by atoms with Crippen molar-refractivity contribution >= 4 is 21.9 Å². The van der Waals surface area contributed by atoms with Crippen molar-refractivity contribution < 1.29 is 17.2 Å². The van der Waals surface area contributed by atoms with Crippen molar-refractivity contribution in [3.8, 4) is 0 Å². The Labute approximate surface area is 193 Å². The van der Waals surface area contributed by atoms with E-state index in [2.05, 4.69) is 39.8 Å². The SMILES string of the molecule is Cc1c(NCc2ccccc2CN2CCC2(C)C)cc(F)c(S(=O)(=O)NC2=CCC=N2)c1F. The molecule has 0 spiro atoms. The predicted molar refractivity (Wildman–Crippen MR) is 125 cm³/mol. The minimum atomic E-state index is -4.45. The molecule has 6 nitrogen and oxygen atoms in total. The van der Waals surface area contributed by atoms with Crippen LogP contribution < -0.4 is 10.0 Å². The van der Waals surface area contributed by atoms with Gasteiger partial charge in [0.15, 0.2) is 10.7 Å². The van der Waals surface area contributed by atoms with Gasteiger partial charge in [0.1, 0.15) is 11.6 Å². The van der Waals surface area contributed by atoms with Crippen LogP contribution in [0.3, 0.4) is 0 Å². The van der Waals surface area contributed by atoms with Gasteiger partial charge in [0, 0.05) is 49.1 Å². The number of halogens is 2. The number of nitrogens with one attached hydrogen (secondary N) is 2. The van der Waals surface area contributed by atoms with Crippen LogP contribution in [0.4, 0.5) is 14.5 Å². The van der Waals surface area contributed by atoms with Crippen molar-refractivity contribution in [3.05, 3.63) is 70.6 Å². The van der Waals surface area contributed by atoms with Crippen LogP contribution in [-0.4, -0.2) is 31.6 Å². The lowest BCUT2D eigenvalue weighted by molar-refractivity contribution is 0.00775. The number of anilines is 1. The molecule has 33 heavy (non-hydrogen) atoms. The molecule has 0 unspecified atom stereocenters. The van der Waals surface area contributed by atoms with Gasteiger partial charge >= 0.3 is 0 Å². The normalized spacial score (nSPS) is 17.5. The van der Waals surface area contributed by atoms with Gasteiger partial charge in [-0.25, -0.2) is 22.2 Å². The molecule has 0 atom stereocenters. The second-order valence-corrected chi connectivity index (χ2v) is 10.6. The van der Waals surface area contributed by atoms with Gasteiger partial charge in [-0.1, -0.05) is 24.3 Å². The lowest BCUT2D eigenvalue weighted by Crippen LogP contribution is -2.54. The highest BCUT2D eigenvalue weighted by Crippen LogP contribution is 2.32. The van der Waals surface area contributed by atoms with Crippen LogP contribution in [0.1, 0.15) is 43.4 Å². The highest BCUT2D eigenvalue weighted by atomic mass is 32.2. The molecule has 0 bridgehead atoms. The number of benzene rings is 2. The van der Waals surface area contributed by atoms with Crippen molar-refractivity contribution in [1.82, 2.24) is 9.62 Å². The lowest BCUT2D eigenvalue weighted by atomic mass is 9.88. The quantitative estimate of drug-likeness (QED) is 0.592. The first-order chi connectivity index (χ1) is 15.6. The van der Waals surface area contributed by atoms with E-state index in [1.54, 1.807) is 0 Å². The first-order valence-corrected chi connectivity index (χ1v) is 12.4. The molecular weight excluding hydrogens is 446 g/mol. The molecule has 0 amide bonds. The van der Waals surface area contributed by atoms with E-state index in [1.807, 2.05) is 18.2 Å². The standard InChI is InChI=1S/C24H28F2N4O2S/c1-16-20(13-19(25)23(22(16)26)33(31,32)29-21-9-6-11-27-21)28-14-17-7-4-5-8-18(17)15-30-12-10-24(30,2)3/h4-5,7-9,11,13,28-29H,6,10,12,14-15H2,1-3H3. The van der Waals surface area contributed by atoms with Crippen LogP contribution in [-0.2, 0) is 23.1 Å². The van der Waals surface area contributed by atoms with E-state index in [0.29, 0.717) is 13.0 Å². The molecule has 2 aliphatic heterocycles. The topological polar surface area (TPSA) is 73.8 Å². The third kappa shape index (κ3) is 4.79. The minimum Gasteiger partial charge on any atom is -0.381 e. The van der Waals surface area contributed by atoms with E-state index in [1.165, 1.54) is 19.2 Å². The van der Waals surface area contributed by atoms with E-state index < -0.39 is 26.6 Å². The fourth-order valence-electron chi connectivity index (χ4n) is 4.04. The van der Waals surface area contributed by atoms with Crippen molar-refractivity contribution in [2.24, 2.45) is 4.99 Å². The molecule has 1 saturated heterocycles. The smallest absolute Gasteiger partial charge is 0.268 e. The number of hydrogen-bond donors (Lipinski definition) is 2. The molecule has 2 N–H and O–H groups in total. The highest BCUT2D eigenvalue weighted by Gasteiger charge is 2.35. The maximum atomic E-state index is 15.0. The van der Waals surface area contributed by atoms with Gasteiger partial charge in [-0.2, -0.15) is 0 Å². The number of aliphatic imine (C=N–C) groups is 1. The molecule has 2 aromatic rings. The predicted octanol–water partition coefficient (Wildman–Crippen LogP) is 4.46. The monoisotopic (exact) mass is 474 g/mol. The van der Waals surface area contributed by atoms with Crippen molar-refractivity contribution in [2.75, 3.05) is 11.9 Å². The van der Waals surface area contributed by atoms with Crippen LogP contribution in [0.2, 0.25) is 0 Å². The van der Waals surface area contributed by atoms with Crippen molar-refractivity contribution in [3.63, 3.8) is 0 Å². The Morgan fingerprint density at radius 1 is 1.18 bits per heavy atom. The van der Waals surface area contributed by atoms with Crippen molar-refractivity contribution in [1.29, 1.82) is 0 Å². The molecule has 2 aliphatic rings. The number of sulfonamides is 1. The Balaban J connectivity index is 1.54. The Bertz CT molecular complexity index is 1240. The Kier molecular flexibility index (Phi) is 6.28. The second-order valence-electron chi connectivity index (χ2n) is 9.02. The van der Waals surface area contributed by atoms with Crippen LogP contribution in [0.15, 0.2) is 52.1 Å². The summed E-state index contributed by atoms with van der Waals surface area (Å²) in [7, 11) is -4.45. The maximum Gasteiger partial charge on any atom is 0.268 e. The van der Waals surface area contributed by atoms with Crippen LogP contribution >= 0.6 is 0 Å². The zero-order valence-corrected chi connectivity index (χ0v) is 19.8. The number of allylic oxidation sites excluding steroid dienone is 1. The summed E-state index contributed by atoms with van der Waals surface area (Å²) in [6, 6.07) is 8.97. The Morgan fingerprint density at radius 3 is 2.52 bits per heavy atom. The van der Waals surface area contributed by atoms with E-state index in [-0.39, 0.29) is 22.6 Å². The van der Waals surface area contributed by atoms with Crippen LogP contribution in [0.25, 0.3) is 0 Å². The van der Waals surface area contributed by atoms with E-state index in [4.69, 9.17) is 0 Å². The number of nitrogens with zero attached hydrogens (tertiary/aromatic N) is 2. The second kappa shape index (κ2) is 8.87. The number of hydrogen-bond acceptors (Lipinski definition) is 5. The summed E-state index contributed by atoms with van der Waals surface area (Å²) in [6.45, 7) is 8.05. The average molecular weight is 475 g/mol. The van der Waals surface area contributed by atoms with Gasteiger partial charge in [0.25, 0.3) is 10.0 Å². The zero-order valence-electron chi connectivity index (χ0n) is 19.0. The van der Waals surface area contributed by atoms with Gasteiger partial charge in [-0.3, -0.25) is 9.62 Å². The molecule has 0 radical (unpaired) electrons. The molecular formula is C24H28F2N4O2S. The summed E-state index contributed by atoms with van der Waals surface area (Å²) >= 11 is 0. The third-order valence-electron chi connectivity index (χ3n) is 6.37. The molecule has 0 saturated carbocycles. The van der Waals surface area contributed by atoms with Gasteiger partial charge in [0.05, 0.1) is 0 Å². The van der Waals surface area contributed by atoms with Gasteiger partial charge in [-0.15, -0.1) is 0 Å². The minimum absolute atomic E-state index is 0.0297. The summed E-state index contributed by atoms with van der Waals surface area (Å²) in [4.78, 5) is 5.23. The summed E-state index contributed by atoms with van der Waals surface area (Å²) in [5.41, 5.74) is 2.57. The van der Waals surface area contributed by atoms with Crippen molar-refractivity contribution in [2.45, 2.75) is 57.1 Å². The summed E-state index contributed by atoms with van der Waals surface area (Å²) in [5.74, 6) is -2.23. The molecule has 9 heteroatoms. The van der Waals surface area contributed by atoms with E-state index >= 15 is 4.39 Å². The number of likely N-dealkylation sites (tertiary alicyclic amines) is 1. The number of rotatable bonds is 8. The fourth-order valence-corrected chi connectivity index (χ4v) is 5.26. The Morgan fingerprint density at radius 2 is 1.91 bits per heavy atom. The zero-order chi connectivity index (χ0) is 23.8. The fraction of sp³-hybridized carbons (Fsp3) is 0.375. The molecule has 4 rings (SSSR count). The largest absolute Gasteiger partial charge is 0.381 e. The van der Waals surface area contributed by atoms with Gasteiger partial charge < -0.3 is 5.32 Å². The van der Waals surface area contributed by atoms with Crippen LogP contribution in [0, 0.1) is 18.6 Å². The molecule has 1 fully saturated rings. The van der Waals surface area contributed by atoms with Crippen LogP contribution in [0.5, 0.6) is 0 Å². The maximum absolute atomic E-state index is 15.0. The van der Waals surface area contributed by atoms with Gasteiger partial charge in [-0.05, 0) is 50.5 Å². The molecule has 0 aromatic heterocycles. The Hall–Kier alpha value is -2.78.